The van der Waals surface area contributed by atoms with Crippen molar-refractivity contribution in [3.63, 3.8) is 0 Å². The monoisotopic (exact) mass is 750 g/mol. The van der Waals surface area contributed by atoms with Crippen LogP contribution in [-0.2, 0) is 14.3 Å². The summed E-state index contributed by atoms with van der Waals surface area (Å²) >= 11 is 0. The van der Waals surface area contributed by atoms with E-state index in [1.807, 2.05) is 61.6 Å². The van der Waals surface area contributed by atoms with Gasteiger partial charge in [-0.15, -0.1) is 0 Å². The van der Waals surface area contributed by atoms with Gasteiger partial charge in [0.15, 0.2) is 5.79 Å². The summed E-state index contributed by atoms with van der Waals surface area (Å²) in [6.45, 7) is 7.07. The number of aliphatic hydroxyl groups excluding tert-OH is 8. The van der Waals surface area contributed by atoms with Crippen molar-refractivity contribution in [3.8, 4) is 0 Å². The van der Waals surface area contributed by atoms with Crippen molar-refractivity contribution in [3.05, 3.63) is 72.9 Å². The number of carbonyl (C=O) groups is 1. The number of ether oxygens (including phenoxy) is 2. The maximum atomic E-state index is 12.5. The zero-order valence-corrected chi connectivity index (χ0v) is 31.8. The second-order valence-corrected chi connectivity index (χ2v) is 15.0. The van der Waals surface area contributed by atoms with Gasteiger partial charge in [0, 0.05) is 37.0 Å². The first kappa shape index (κ1) is 46.7. The van der Waals surface area contributed by atoms with Crippen molar-refractivity contribution in [2.75, 3.05) is 0 Å². The van der Waals surface area contributed by atoms with Gasteiger partial charge in [-0.3, -0.25) is 4.79 Å². The number of hydrogen-bond donors (Lipinski definition) is 9. The van der Waals surface area contributed by atoms with Crippen molar-refractivity contribution in [2.24, 2.45) is 17.8 Å². The molecular formula is C41H66O12. The SMILES string of the molecule is C[C@@H]1[C@H](O)[C@@H](C)/C=C/C=C/CC/C=C/C=C/C=C/C=C/[C@H](O)C[C@@H]2O[C@](O)(C[C@@H](O)[C@H](O)CC[C@@H](O)C[C@@H](O)C[C@@H](O)CC(=O)O[C@H]1C)C[C@H](O)[C@H]2C. The minimum absolute atomic E-state index is 0.0178. The molecule has 0 aromatic carbocycles. The van der Waals surface area contributed by atoms with Gasteiger partial charge < -0.3 is 55.4 Å². The molecular weight excluding hydrogens is 684 g/mol. The van der Waals surface area contributed by atoms with E-state index >= 15 is 0 Å². The van der Waals surface area contributed by atoms with Crippen LogP contribution in [0.25, 0.3) is 0 Å². The minimum Gasteiger partial charge on any atom is -0.462 e. The van der Waals surface area contributed by atoms with E-state index in [9.17, 15) is 50.8 Å². The van der Waals surface area contributed by atoms with Crippen molar-refractivity contribution in [1.82, 2.24) is 0 Å². The molecule has 2 bridgehead atoms. The van der Waals surface area contributed by atoms with Crippen molar-refractivity contribution >= 4 is 5.97 Å². The molecule has 9 N–H and O–H groups in total. The van der Waals surface area contributed by atoms with Crippen molar-refractivity contribution in [1.29, 1.82) is 0 Å². The number of allylic oxidation sites excluding steroid dienone is 10. The fourth-order valence-electron chi connectivity index (χ4n) is 6.51. The third-order valence-electron chi connectivity index (χ3n) is 10.1. The van der Waals surface area contributed by atoms with E-state index in [0.717, 1.165) is 12.8 Å². The second-order valence-electron chi connectivity index (χ2n) is 15.0. The summed E-state index contributed by atoms with van der Waals surface area (Å²) in [7, 11) is 0. The zero-order chi connectivity index (χ0) is 39.6. The Hall–Kier alpha value is -2.49. The lowest BCUT2D eigenvalue weighted by Gasteiger charge is -2.45. The molecule has 0 aromatic rings. The van der Waals surface area contributed by atoms with Gasteiger partial charge in [-0.2, -0.15) is 0 Å². The van der Waals surface area contributed by atoms with Crippen LogP contribution in [-0.4, -0.2) is 119 Å². The van der Waals surface area contributed by atoms with Crippen LogP contribution >= 0.6 is 0 Å². The van der Waals surface area contributed by atoms with Crippen molar-refractivity contribution < 1.29 is 60.2 Å². The lowest BCUT2D eigenvalue weighted by Crippen LogP contribution is -2.53. The average molecular weight is 751 g/mol. The van der Waals surface area contributed by atoms with Gasteiger partial charge in [0.25, 0.3) is 0 Å². The number of esters is 1. The molecule has 0 aliphatic carbocycles. The van der Waals surface area contributed by atoms with E-state index in [1.165, 1.54) is 0 Å². The molecule has 1 saturated heterocycles. The lowest BCUT2D eigenvalue weighted by molar-refractivity contribution is -0.302. The summed E-state index contributed by atoms with van der Waals surface area (Å²) in [6, 6.07) is 0. The molecule has 14 atom stereocenters. The van der Waals surface area contributed by atoms with E-state index in [2.05, 4.69) is 0 Å². The van der Waals surface area contributed by atoms with Crippen molar-refractivity contribution in [2.45, 2.75) is 159 Å². The predicted molar refractivity (Wildman–Crippen MR) is 202 cm³/mol. The average Bonchev–Trinajstić information content (AvgIpc) is 3.07. The molecule has 302 valence electrons. The summed E-state index contributed by atoms with van der Waals surface area (Å²) in [4.78, 5) is 12.5. The Labute approximate surface area is 315 Å². The molecule has 2 heterocycles. The Morgan fingerprint density at radius 2 is 1.19 bits per heavy atom. The molecule has 1 fully saturated rings. The molecule has 0 spiro atoms. The summed E-state index contributed by atoms with van der Waals surface area (Å²) < 4.78 is 11.4. The van der Waals surface area contributed by atoms with Gasteiger partial charge in [0.2, 0.25) is 0 Å². The summed E-state index contributed by atoms with van der Waals surface area (Å²) in [5.74, 6) is -3.68. The van der Waals surface area contributed by atoms with Crippen LogP contribution in [0.4, 0.5) is 0 Å². The number of fused-ring (bicyclic) bond motifs is 2. The van der Waals surface area contributed by atoms with Crippen LogP contribution in [0.3, 0.4) is 0 Å². The minimum atomic E-state index is -1.97. The predicted octanol–water partition coefficient (Wildman–Crippen LogP) is 3.05. The van der Waals surface area contributed by atoms with E-state index in [4.69, 9.17) is 9.47 Å². The molecule has 0 amide bonds. The first-order chi connectivity index (χ1) is 25.0. The molecule has 2 aliphatic rings. The van der Waals surface area contributed by atoms with Crippen LogP contribution in [0.5, 0.6) is 0 Å². The zero-order valence-electron chi connectivity index (χ0n) is 31.8. The fourth-order valence-corrected chi connectivity index (χ4v) is 6.51. The number of cyclic esters (lactones) is 1. The molecule has 53 heavy (non-hydrogen) atoms. The number of rotatable bonds is 0. The Kier molecular flexibility index (Phi) is 21.2. The molecule has 0 saturated carbocycles. The quantitative estimate of drug-likeness (QED) is 0.163. The summed E-state index contributed by atoms with van der Waals surface area (Å²) in [6.07, 6.45) is 12.1. The molecule has 12 nitrogen and oxygen atoms in total. The number of aliphatic hydroxyl groups is 9. The molecule has 0 unspecified atom stereocenters. The highest BCUT2D eigenvalue weighted by Gasteiger charge is 2.46. The Bertz CT molecular complexity index is 1230. The van der Waals surface area contributed by atoms with E-state index in [-0.39, 0.29) is 50.9 Å². The van der Waals surface area contributed by atoms with E-state index in [0.29, 0.717) is 0 Å². The highest BCUT2D eigenvalue weighted by molar-refractivity contribution is 5.70. The number of carbonyl (C=O) groups excluding carboxylic acids is 1. The van der Waals surface area contributed by atoms with E-state index in [1.54, 1.807) is 39.0 Å². The second kappa shape index (κ2) is 24.1. The van der Waals surface area contributed by atoms with Gasteiger partial charge in [0.05, 0.1) is 61.4 Å². The molecule has 2 aliphatic heterocycles. The summed E-state index contributed by atoms with van der Waals surface area (Å²) in [5, 5.41) is 95.9. The standard InChI is InChI=1S/C41H66O12/c1-27-17-15-13-11-9-7-5-6-8-10-12-14-16-18-31(42)23-38-29(3)36(47)25-41(51,53-38)26-37(48)35(46)20-19-32(43)21-33(44)22-34(45)24-39(49)52-30(4)28(2)40(27)50/h5-6,8,10-18,27-38,40,42-48,50-51H,7,9,19-26H2,1-4H3/b6-5+,10-8+,13-11+,14-12+,17-15+,18-16+/t27-,28-,29+,30-,31-,32+,33+,34+,35+,36-,37+,38-,40+,41-/m0/s1. The van der Waals surface area contributed by atoms with Crippen LogP contribution in [0.2, 0.25) is 0 Å². The normalized spacial score (nSPS) is 44.1. The van der Waals surface area contributed by atoms with Gasteiger partial charge in [-0.05, 0) is 45.4 Å². The van der Waals surface area contributed by atoms with Gasteiger partial charge >= 0.3 is 5.97 Å². The Morgan fingerprint density at radius 3 is 1.87 bits per heavy atom. The Morgan fingerprint density at radius 1 is 0.623 bits per heavy atom. The van der Waals surface area contributed by atoms with Crippen LogP contribution in [0, 0.1) is 17.8 Å². The first-order valence-electron chi connectivity index (χ1n) is 19.1. The molecule has 0 aromatic heterocycles. The lowest BCUT2D eigenvalue weighted by atomic mass is 9.84. The van der Waals surface area contributed by atoms with Crippen LogP contribution in [0.15, 0.2) is 72.9 Å². The summed E-state index contributed by atoms with van der Waals surface area (Å²) in [5.41, 5.74) is 0. The largest absolute Gasteiger partial charge is 0.462 e. The van der Waals surface area contributed by atoms with Crippen LogP contribution in [0.1, 0.15) is 91.9 Å². The molecule has 2 rings (SSSR count). The third kappa shape index (κ3) is 18.1. The smallest absolute Gasteiger partial charge is 0.308 e. The molecule has 12 heteroatoms. The highest BCUT2D eigenvalue weighted by Crippen LogP contribution is 2.37. The highest BCUT2D eigenvalue weighted by atomic mass is 16.6. The first-order valence-corrected chi connectivity index (χ1v) is 19.1. The van der Waals surface area contributed by atoms with E-state index < -0.39 is 91.1 Å². The fraction of sp³-hybridized carbons (Fsp3) is 0.683. The maximum absolute atomic E-state index is 12.5. The van der Waals surface area contributed by atoms with Gasteiger partial charge in [-0.1, -0.05) is 93.7 Å². The topological polar surface area (TPSA) is 218 Å². The van der Waals surface area contributed by atoms with Crippen LogP contribution < -0.4 is 0 Å². The van der Waals surface area contributed by atoms with Gasteiger partial charge in [-0.25, -0.2) is 0 Å². The van der Waals surface area contributed by atoms with Gasteiger partial charge in [0.1, 0.15) is 6.10 Å². The maximum Gasteiger partial charge on any atom is 0.308 e. The molecule has 0 radical (unpaired) electrons. The third-order valence-corrected chi connectivity index (χ3v) is 10.1. The number of hydrogen-bond acceptors (Lipinski definition) is 12. The Balaban J connectivity index is 2.10.